The van der Waals surface area contributed by atoms with E-state index in [4.69, 9.17) is 9.98 Å². The SMILES string of the molecule is CCN1CCN(C(=Nc2sc(-c3ccccc3)nc2-c2ccccc2)c2ccc(C)cc2)CC1. The third kappa shape index (κ3) is 4.96. The van der Waals surface area contributed by atoms with Gasteiger partial charge in [-0.25, -0.2) is 9.98 Å². The summed E-state index contributed by atoms with van der Waals surface area (Å²) >= 11 is 1.67. The molecule has 0 bridgehead atoms. The molecule has 3 aromatic carbocycles. The van der Waals surface area contributed by atoms with E-state index >= 15 is 0 Å². The van der Waals surface area contributed by atoms with Crippen LogP contribution < -0.4 is 0 Å². The number of hydrogen-bond acceptors (Lipinski definition) is 4. The van der Waals surface area contributed by atoms with Crippen LogP contribution in [-0.4, -0.2) is 53.3 Å². The summed E-state index contributed by atoms with van der Waals surface area (Å²) in [7, 11) is 0. The van der Waals surface area contributed by atoms with Crippen molar-refractivity contribution < 1.29 is 0 Å². The lowest BCUT2D eigenvalue weighted by molar-refractivity contribution is 0.190. The zero-order valence-electron chi connectivity index (χ0n) is 19.8. The Bertz CT molecular complexity index is 1240. The van der Waals surface area contributed by atoms with Crippen molar-refractivity contribution in [1.29, 1.82) is 0 Å². The van der Waals surface area contributed by atoms with E-state index in [0.29, 0.717) is 0 Å². The van der Waals surface area contributed by atoms with Crippen LogP contribution in [0, 0.1) is 6.92 Å². The van der Waals surface area contributed by atoms with Gasteiger partial charge in [0.05, 0.1) is 0 Å². The molecule has 0 spiro atoms. The van der Waals surface area contributed by atoms with Gasteiger partial charge in [0.25, 0.3) is 0 Å². The summed E-state index contributed by atoms with van der Waals surface area (Å²) in [6.07, 6.45) is 0. The number of thiazole rings is 1. The summed E-state index contributed by atoms with van der Waals surface area (Å²) in [6, 6.07) is 29.6. The van der Waals surface area contributed by atoms with E-state index in [1.54, 1.807) is 11.3 Å². The molecule has 5 rings (SSSR count). The van der Waals surface area contributed by atoms with Crippen LogP contribution in [0.15, 0.2) is 89.9 Å². The average Bonchev–Trinajstić information content (AvgIpc) is 3.33. The molecule has 5 heteroatoms. The maximum absolute atomic E-state index is 5.34. The van der Waals surface area contributed by atoms with Crippen molar-refractivity contribution in [3.05, 3.63) is 96.1 Å². The molecule has 1 aliphatic heterocycles. The Balaban J connectivity index is 1.62. The van der Waals surface area contributed by atoms with Crippen molar-refractivity contribution in [2.45, 2.75) is 13.8 Å². The Morgan fingerprint density at radius 1 is 0.824 bits per heavy atom. The van der Waals surface area contributed by atoms with Gasteiger partial charge in [-0.2, -0.15) is 0 Å². The minimum absolute atomic E-state index is 0.946. The van der Waals surface area contributed by atoms with Gasteiger partial charge in [-0.1, -0.05) is 109 Å². The molecule has 1 aromatic heterocycles. The van der Waals surface area contributed by atoms with Crippen LogP contribution in [0.5, 0.6) is 0 Å². The Morgan fingerprint density at radius 3 is 2.06 bits per heavy atom. The van der Waals surface area contributed by atoms with Gasteiger partial charge in [0.15, 0.2) is 0 Å². The Labute approximate surface area is 206 Å². The number of aromatic nitrogens is 1. The first-order valence-electron chi connectivity index (χ1n) is 12.0. The second-order valence-corrected chi connectivity index (χ2v) is 9.61. The highest BCUT2D eigenvalue weighted by atomic mass is 32.1. The number of aryl methyl sites for hydroxylation is 1. The lowest BCUT2D eigenvalue weighted by Gasteiger charge is -2.36. The van der Waals surface area contributed by atoms with E-state index < -0.39 is 0 Å². The fourth-order valence-electron chi connectivity index (χ4n) is 4.27. The largest absolute Gasteiger partial charge is 0.354 e. The van der Waals surface area contributed by atoms with Gasteiger partial charge >= 0.3 is 0 Å². The zero-order chi connectivity index (χ0) is 23.3. The third-order valence-corrected chi connectivity index (χ3v) is 7.31. The highest BCUT2D eigenvalue weighted by Gasteiger charge is 2.22. The lowest BCUT2D eigenvalue weighted by atomic mass is 10.1. The van der Waals surface area contributed by atoms with E-state index in [1.165, 1.54) is 5.56 Å². The first kappa shape index (κ1) is 22.5. The summed E-state index contributed by atoms with van der Waals surface area (Å²) in [5.41, 5.74) is 5.58. The molecule has 172 valence electrons. The van der Waals surface area contributed by atoms with Gasteiger partial charge in [0.1, 0.15) is 21.5 Å². The van der Waals surface area contributed by atoms with Gasteiger partial charge < -0.3 is 9.80 Å². The van der Waals surface area contributed by atoms with Crippen LogP contribution in [-0.2, 0) is 0 Å². The molecular weight excluding hydrogens is 436 g/mol. The van der Waals surface area contributed by atoms with Crippen LogP contribution in [0.4, 0.5) is 5.00 Å². The summed E-state index contributed by atoms with van der Waals surface area (Å²) in [5.74, 6) is 1.04. The molecule has 4 nitrogen and oxygen atoms in total. The molecule has 34 heavy (non-hydrogen) atoms. The Hall–Kier alpha value is -3.28. The standard InChI is InChI=1S/C29H30N4S/c1-3-32-18-20-33(21-19-32)27(24-16-14-22(2)15-17-24)31-29-26(23-10-6-4-7-11-23)30-28(34-29)25-12-8-5-9-13-25/h4-17H,3,18-21H2,1-2H3. The highest BCUT2D eigenvalue weighted by molar-refractivity contribution is 7.19. The van der Waals surface area contributed by atoms with Gasteiger partial charge in [-0.05, 0) is 13.5 Å². The fourth-order valence-corrected chi connectivity index (χ4v) is 5.23. The molecule has 0 unspecified atom stereocenters. The van der Waals surface area contributed by atoms with E-state index in [0.717, 1.165) is 71.0 Å². The maximum atomic E-state index is 5.34. The molecule has 0 aliphatic carbocycles. The first-order valence-corrected chi connectivity index (χ1v) is 12.8. The van der Waals surface area contributed by atoms with Crippen molar-refractivity contribution in [3.8, 4) is 21.8 Å². The van der Waals surface area contributed by atoms with Crippen molar-refractivity contribution in [2.75, 3.05) is 32.7 Å². The molecule has 1 fully saturated rings. The number of rotatable bonds is 5. The van der Waals surface area contributed by atoms with Crippen LogP contribution in [0.2, 0.25) is 0 Å². The minimum Gasteiger partial charge on any atom is -0.354 e. The lowest BCUT2D eigenvalue weighted by Crippen LogP contribution is -2.48. The van der Waals surface area contributed by atoms with E-state index in [9.17, 15) is 0 Å². The summed E-state index contributed by atoms with van der Waals surface area (Å²) in [4.78, 5) is 15.3. The smallest absolute Gasteiger partial charge is 0.146 e. The van der Waals surface area contributed by atoms with Crippen LogP contribution in [0.3, 0.4) is 0 Å². The number of benzene rings is 3. The second-order valence-electron chi connectivity index (χ2n) is 8.63. The van der Waals surface area contributed by atoms with Crippen molar-refractivity contribution in [1.82, 2.24) is 14.8 Å². The number of aliphatic imine (C=N–C) groups is 1. The number of nitrogens with zero attached hydrogens (tertiary/aromatic N) is 4. The van der Waals surface area contributed by atoms with Crippen molar-refractivity contribution >= 4 is 22.2 Å². The van der Waals surface area contributed by atoms with Gasteiger partial charge in [0, 0.05) is 42.9 Å². The quantitative estimate of drug-likeness (QED) is 0.248. The number of hydrogen-bond donors (Lipinski definition) is 0. The maximum Gasteiger partial charge on any atom is 0.146 e. The van der Waals surface area contributed by atoms with Crippen molar-refractivity contribution in [3.63, 3.8) is 0 Å². The second kappa shape index (κ2) is 10.3. The highest BCUT2D eigenvalue weighted by Crippen LogP contribution is 2.40. The van der Waals surface area contributed by atoms with Gasteiger partial charge in [0.2, 0.25) is 0 Å². The fraction of sp³-hybridized carbons (Fsp3) is 0.241. The van der Waals surface area contributed by atoms with Crippen LogP contribution >= 0.6 is 11.3 Å². The monoisotopic (exact) mass is 466 g/mol. The minimum atomic E-state index is 0.946. The topological polar surface area (TPSA) is 31.7 Å². The molecule has 0 N–H and O–H groups in total. The van der Waals surface area contributed by atoms with Crippen LogP contribution in [0.25, 0.3) is 21.8 Å². The molecule has 1 saturated heterocycles. The summed E-state index contributed by atoms with van der Waals surface area (Å²) in [6.45, 7) is 9.54. The predicted molar refractivity (Wildman–Crippen MR) is 144 cm³/mol. The van der Waals surface area contributed by atoms with E-state index in [-0.39, 0.29) is 0 Å². The molecule has 1 aliphatic rings. The molecule has 0 radical (unpaired) electrons. The molecule has 0 saturated carbocycles. The van der Waals surface area contributed by atoms with E-state index in [1.807, 2.05) is 12.1 Å². The number of likely N-dealkylation sites (N-methyl/N-ethyl adjacent to an activating group) is 1. The third-order valence-electron chi connectivity index (χ3n) is 6.31. The predicted octanol–water partition coefficient (Wildman–Crippen LogP) is 6.50. The molecule has 0 amide bonds. The Kier molecular flexibility index (Phi) is 6.84. The van der Waals surface area contributed by atoms with Crippen LogP contribution in [0.1, 0.15) is 18.1 Å². The first-order chi connectivity index (χ1) is 16.7. The number of piperazine rings is 1. The average molecular weight is 467 g/mol. The number of amidine groups is 1. The molecular formula is C29H30N4S. The van der Waals surface area contributed by atoms with Gasteiger partial charge in [-0.15, -0.1) is 0 Å². The molecule has 4 aromatic rings. The Morgan fingerprint density at radius 2 is 1.44 bits per heavy atom. The molecule has 0 atom stereocenters. The zero-order valence-corrected chi connectivity index (χ0v) is 20.6. The summed E-state index contributed by atoms with van der Waals surface area (Å²) in [5, 5.41) is 1.95. The van der Waals surface area contributed by atoms with E-state index in [2.05, 4.69) is 96.4 Å². The molecule has 2 heterocycles. The normalized spacial score (nSPS) is 15.0. The van der Waals surface area contributed by atoms with Crippen molar-refractivity contribution in [2.24, 2.45) is 4.99 Å². The summed E-state index contributed by atoms with van der Waals surface area (Å²) < 4.78 is 0. The van der Waals surface area contributed by atoms with Gasteiger partial charge in [-0.3, -0.25) is 0 Å².